The Kier molecular flexibility index (Phi) is 4.60. The molecule has 1 fully saturated rings. The highest BCUT2D eigenvalue weighted by Crippen LogP contribution is 2.32. The highest BCUT2D eigenvalue weighted by atomic mass is 19.1. The lowest BCUT2D eigenvalue weighted by Crippen LogP contribution is -2.42. The summed E-state index contributed by atoms with van der Waals surface area (Å²) in [6.45, 7) is 2.66. The Balaban J connectivity index is 2.20. The quantitative estimate of drug-likeness (QED) is 0.891. The van der Waals surface area contributed by atoms with Crippen LogP contribution in [0.2, 0.25) is 0 Å². The average molecular weight is 281 g/mol. The van der Waals surface area contributed by atoms with Crippen LogP contribution < -0.4 is 0 Å². The summed E-state index contributed by atoms with van der Waals surface area (Å²) < 4.78 is 13.9. The van der Waals surface area contributed by atoms with Crippen molar-refractivity contribution in [1.82, 2.24) is 4.90 Å². The largest absolute Gasteiger partial charge is 0.508 e. The van der Waals surface area contributed by atoms with E-state index >= 15 is 0 Å². The normalized spacial score (nSPS) is 21.6. The number of likely N-dealkylation sites (tertiary alicyclic amines) is 1. The van der Waals surface area contributed by atoms with E-state index in [0.29, 0.717) is 5.56 Å². The van der Waals surface area contributed by atoms with Crippen LogP contribution in [0.15, 0.2) is 18.2 Å². The second kappa shape index (κ2) is 6.22. The second-order valence-corrected chi connectivity index (χ2v) is 5.37. The lowest BCUT2D eigenvalue weighted by Gasteiger charge is -2.39. The van der Waals surface area contributed by atoms with Gasteiger partial charge in [-0.3, -0.25) is 9.69 Å². The number of aliphatic carboxylic acids is 1. The summed E-state index contributed by atoms with van der Waals surface area (Å²) in [5, 5.41) is 18.3. The van der Waals surface area contributed by atoms with Gasteiger partial charge in [-0.2, -0.15) is 0 Å². The lowest BCUT2D eigenvalue weighted by atomic mass is 9.95. The Morgan fingerprint density at radius 2 is 2.25 bits per heavy atom. The summed E-state index contributed by atoms with van der Waals surface area (Å²) in [6, 6.07) is 3.89. The van der Waals surface area contributed by atoms with Crippen molar-refractivity contribution >= 4 is 5.97 Å². The molecule has 110 valence electrons. The van der Waals surface area contributed by atoms with E-state index in [0.717, 1.165) is 31.9 Å². The first-order chi connectivity index (χ1) is 9.49. The van der Waals surface area contributed by atoms with Crippen LogP contribution in [-0.4, -0.2) is 33.7 Å². The van der Waals surface area contributed by atoms with Gasteiger partial charge in [-0.1, -0.05) is 12.5 Å². The highest BCUT2D eigenvalue weighted by molar-refractivity contribution is 5.67. The number of hydrogen-bond acceptors (Lipinski definition) is 3. The Morgan fingerprint density at radius 3 is 2.90 bits per heavy atom. The first-order valence-corrected chi connectivity index (χ1v) is 6.95. The second-order valence-electron chi connectivity index (χ2n) is 5.37. The Hall–Kier alpha value is -1.62. The van der Waals surface area contributed by atoms with Crippen molar-refractivity contribution in [3.8, 4) is 5.75 Å². The summed E-state index contributed by atoms with van der Waals surface area (Å²) in [5.74, 6) is -1.36. The Labute approximate surface area is 117 Å². The number of carbonyl (C=O) groups is 1. The third-order valence-corrected chi connectivity index (χ3v) is 4.01. The first-order valence-electron chi connectivity index (χ1n) is 6.95. The average Bonchev–Trinajstić information content (AvgIpc) is 2.38. The predicted molar refractivity (Wildman–Crippen MR) is 73.1 cm³/mol. The molecular formula is C15H20FNO3. The molecule has 1 aliphatic heterocycles. The molecule has 20 heavy (non-hydrogen) atoms. The Bertz CT molecular complexity index is 492. The third kappa shape index (κ3) is 3.28. The summed E-state index contributed by atoms with van der Waals surface area (Å²) in [7, 11) is 0. The van der Waals surface area contributed by atoms with Crippen LogP contribution in [0.1, 0.15) is 44.2 Å². The molecule has 0 aliphatic carbocycles. The van der Waals surface area contributed by atoms with Crippen molar-refractivity contribution in [2.24, 2.45) is 0 Å². The summed E-state index contributed by atoms with van der Waals surface area (Å²) in [5.41, 5.74) is 0.500. The molecule has 1 aromatic rings. The maximum Gasteiger partial charge on any atom is 0.304 e. The number of carboxylic acid groups (broad SMARTS) is 1. The van der Waals surface area contributed by atoms with Gasteiger partial charge in [0.05, 0.1) is 6.42 Å². The molecule has 0 saturated carbocycles. The van der Waals surface area contributed by atoms with Crippen molar-refractivity contribution in [2.45, 2.75) is 44.7 Å². The molecule has 2 atom stereocenters. The number of rotatable bonds is 4. The summed E-state index contributed by atoms with van der Waals surface area (Å²) in [6.07, 6.45) is 2.93. The van der Waals surface area contributed by atoms with Crippen LogP contribution >= 0.6 is 0 Å². The molecular weight excluding hydrogens is 261 g/mol. The molecule has 1 saturated heterocycles. The fourth-order valence-corrected chi connectivity index (χ4v) is 2.99. The maximum atomic E-state index is 13.9. The number of phenols is 1. The van der Waals surface area contributed by atoms with Crippen LogP contribution in [0, 0.1) is 5.82 Å². The SMILES string of the molecule is CC(c1ccc(O)cc1F)N1CCCCC1CC(=O)O. The molecule has 1 heterocycles. The standard InChI is InChI=1S/C15H20FNO3/c1-10(13-6-5-12(18)9-14(13)16)17-7-3-2-4-11(17)8-15(19)20/h5-6,9-11,18H,2-4,7-8H2,1H3,(H,19,20). The molecule has 0 aromatic heterocycles. The van der Waals surface area contributed by atoms with Gasteiger partial charge in [-0.25, -0.2) is 4.39 Å². The minimum absolute atomic E-state index is 0.0514. The van der Waals surface area contributed by atoms with E-state index in [4.69, 9.17) is 5.11 Å². The van der Waals surface area contributed by atoms with Gasteiger partial charge in [0.25, 0.3) is 0 Å². The fraction of sp³-hybridized carbons (Fsp3) is 0.533. The van der Waals surface area contributed by atoms with Gasteiger partial charge in [0.2, 0.25) is 0 Å². The minimum atomic E-state index is -0.819. The highest BCUT2D eigenvalue weighted by Gasteiger charge is 2.30. The van der Waals surface area contributed by atoms with Crippen molar-refractivity contribution in [2.75, 3.05) is 6.54 Å². The zero-order valence-electron chi connectivity index (χ0n) is 11.6. The van der Waals surface area contributed by atoms with Crippen LogP contribution in [-0.2, 0) is 4.79 Å². The molecule has 0 amide bonds. The third-order valence-electron chi connectivity index (χ3n) is 4.01. The number of piperidine rings is 1. The monoisotopic (exact) mass is 281 g/mol. The van der Waals surface area contributed by atoms with E-state index in [9.17, 15) is 14.3 Å². The molecule has 1 aliphatic rings. The zero-order chi connectivity index (χ0) is 14.7. The summed E-state index contributed by atoms with van der Waals surface area (Å²) in [4.78, 5) is 13.0. The maximum absolute atomic E-state index is 13.9. The first kappa shape index (κ1) is 14.8. The molecule has 2 unspecified atom stereocenters. The van der Waals surface area contributed by atoms with Crippen molar-refractivity contribution in [1.29, 1.82) is 0 Å². The van der Waals surface area contributed by atoms with Crippen LogP contribution in [0.4, 0.5) is 4.39 Å². The van der Waals surface area contributed by atoms with E-state index < -0.39 is 11.8 Å². The van der Waals surface area contributed by atoms with E-state index in [1.807, 2.05) is 6.92 Å². The zero-order valence-corrected chi connectivity index (χ0v) is 11.6. The van der Waals surface area contributed by atoms with E-state index in [1.165, 1.54) is 6.07 Å². The number of phenolic OH excluding ortho intramolecular Hbond substituents is 1. The van der Waals surface area contributed by atoms with Crippen LogP contribution in [0.3, 0.4) is 0 Å². The molecule has 2 rings (SSSR count). The van der Waals surface area contributed by atoms with Crippen molar-refractivity contribution in [3.63, 3.8) is 0 Å². The van der Waals surface area contributed by atoms with Gasteiger partial charge < -0.3 is 10.2 Å². The van der Waals surface area contributed by atoms with Gasteiger partial charge >= 0.3 is 5.97 Å². The van der Waals surface area contributed by atoms with Crippen LogP contribution in [0.25, 0.3) is 0 Å². The molecule has 0 spiro atoms. The number of halogens is 1. The molecule has 2 N–H and O–H groups in total. The molecule has 0 bridgehead atoms. The van der Waals surface area contributed by atoms with E-state index in [2.05, 4.69) is 4.90 Å². The van der Waals surface area contributed by atoms with Gasteiger partial charge in [0.15, 0.2) is 0 Å². The minimum Gasteiger partial charge on any atom is -0.508 e. The van der Waals surface area contributed by atoms with Gasteiger partial charge in [-0.05, 0) is 32.4 Å². The topological polar surface area (TPSA) is 60.8 Å². The van der Waals surface area contributed by atoms with Gasteiger partial charge in [0.1, 0.15) is 11.6 Å². The fourth-order valence-electron chi connectivity index (χ4n) is 2.99. The van der Waals surface area contributed by atoms with Gasteiger partial charge in [0, 0.05) is 23.7 Å². The number of nitrogens with zero attached hydrogens (tertiary/aromatic N) is 1. The number of aromatic hydroxyl groups is 1. The molecule has 0 radical (unpaired) electrons. The van der Waals surface area contributed by atoms with E-state index in [-0.39, 0.29) is 24.3 Å². The van der Waals surface area contributed by atoms with Crippen molar-refractivity contribution < 1.29 is 19.4 Å². The van der Waals surface area contributed by atoms with Crippen LogP contribution in [0.5, 0.6) is 5.75 Å². The number of benzene rings is 1. The van der Waals surface area contributed by atoms with E-state index in [1.54, 1.807) is 6.07 Å². The molecule has 4 nitrogen and oxygen atoms in total. The summed E-state index contributed by atoms with van der Waals surface area (Å²) >= 11 is 0. The molecule has 1 aromatic carbocycles. The van der Waals surface area contributed by atoms with Crippen molar-refractivity contribution in [3.05, 3.63) is 29.6 Å². The smallest absolute Gasteiger partial charge is 0.304 e. The predicted octanol–water partition coefficient (Wildman–Crippen LogP) is 2.92. The van der Waals surface area contributed by atoms with Gasteiger partial charge in [-0.15, -0.1) is 0 Å². The Morgan fingerprint density at radius 1 is 1.50 bits per heavy atom. The number of carboxylic acids is 1. The number of hydrogen-bond donors (Lipinski definition) is 2. The molecule has 5 heteroatoms. The lowest BCUT2D eigenvalue weighted by molar-refractivity contribution is -0.139.